The maximum atomic E-state index is 12.5. The third-order valence-electron chi connectivity index (χ3n) is 3.47. The lowest BCUT2D eigenvalue weighted by Gasteiger charge is -2.22. The Bertz CT molecular complexity index is 563. The van der Waals surface area contributed by atoms with Crippen LogP contribution < -0.4 is 10.6 Å². The molecule has 7 heteroatoms. The van der Waals surface area contributed by atoms with E-state index in [1.54, 1.807) is 13.8 Å². The summed E-state index contributed by atoms with van der Waals surface area (Å²) in [5.74, 6) is -1.83. The summed E-state index contributed by atoms with van der Waals surface area (Å²) >= 11 is 4.01. The number of benzene rings is 1. The van der Waals surface area contributed by atoms with Gasteiger partial charge in [-0.2, -0.15) is 12.6 Å². The zero-order valence-corrected chi connectivity index (χ0v) is 14.8. The molecule has 1 aromatic rings. The van der Waals surface area contributed by atoms with E-state index in [1.165, 1.54) is 0 Å². The van der Waals surface area contributed by atoms with E-state index in [9.17, 15) is 14.4 Å². The van der Waals surface area contributed by atoms with Crippen LogP contribution in [0, 0.1) is 5.92 Å². The number of carboxylic acid groups (broad SMARTS) is 1. The van der Waals surface area contributed by atoms with Crippen LogP contribution >= 0.6 is 12.6 Å². The lowest BCUT2D eigenvalue weighted by molar-refractivity contribution is -0.142. The van der Waals surface area contributed by atoms with Crippen LogP contribution in [0.4, 0.5) is 0 Å². The van der Waals surface area contributed by atoms with Crippen molar-refractivity contribution < 1.29 is 19.5 Å². The number of carbonyl (C=O) groups is 3. The number of carboxylic acids is 1. The fourth-order valence-corrected chi connectivity index (χ4v) is 2.31. The highest BCUT2D eigenvalue weighted by Gasteiger charge is 2.26. The van der Waals surface area contributed by atoms with Gasteiger partial charge in [-0.25, -0.2) is 4.79 Å². The largest absolute Gasteiger partial charge is 0.480 e. The molecule has 3 N–H and O–H groups in total. The monoisotopic (exact) mass is 352 g/mol. The zero-order valence-electron chi connectivity index (χ0n) is 13.9. The normalized spacial score (nSPS) is 13.2. The van der Waals surface area contributed by atoms with Crippen LogP contribution in [0.15, 0.2) is 30.3 Å². The highest BCUT2D eigenvalue weighted by molar-refractivity contribution is 7.80. The summed E-state index contributed by atoms with van der Waals surface area (Å²) in [6, 6.07) is 7.39. The van der Waals surface area contributed by atoms with Gasteiger partial charge in [-0.05, 0) is 17.7 Å². The van der Waals surface area contributed by atoms with Gasteiger partial charge in [-0.3, -0.25) is 9.59 Å². The van der Waals surface area contributed by atoms with Crippen molar-refractivity contribution in [3.8, 4) is 0 Å². The Kier molecular flexibility index (Phi) is 8.32. The van der Waals surface area contributed by atoms with Crippen molar-refractivity contribution in [1.82, 2.24) is 10.6 Å². The van der Waals surface area contributed by atoms with E-state index in [0.717, 1.165) is 5.56 Å². The standard InChI is InChI=1S/C17H24N2O4S/c1-11(2)15(20)19-14(10-12-6-4-3-5-7-12)16(21)18-13(8-9-24)17(22)23/h3-7,11,13-14,24H,8-10H2,1-2H3,(H,18,21)(H,19,20)(H,22,23)/t13?,14-/m0/s1. The van der Waals surface area contributed by atoms with Gasteiger partial charge < -0.3 is 15.7 Å². The van der Waals surface area contributed by atoms with Crippen LogP contribution in [0.5, 0.6) is 0 Å². The fourth-order valence-electron chi connectivity index (χ4n) is 2.06. The van der Waals surface area contributed by atoms with Gasteiger partial charge in [-0.1, -0.05) is 44.2 Å². The second kappa shape index (κ2) is 9.97. The third kappa shape index (κ3) is 6.62. The quantitative estimate of drug-likeness (QED) is 0.503. The Hall–Kier alpha value is -2.02. The second-order valence-corrected chi connectivity index (χ2v) is 6.26. The predicted molar refractivity (Wildman–Crippen MR) is 95.0 cm³/mol. The van der Waals surface area contributed by atoms with Crippen LogP contribution in [0.25, 0.3) is 0 Å². The topological polar surface area (TPSA) is 95.5 Å². The zero-order chi connectivity index (χ0) is 18.1. The molecular weight excluding hydrogens is 328 g/mol. The molecule has 2 amide bonds. The van der Waals surface area contributed by atoms with Gasteiger partial charge in [0.2, 0.25) is 11.8 Å². The van der Waals surface area contributed by atoms with Crippen molar-refractivity contribution in [2.45, 2.75) is 38.8 Å². The maximum absolute atomic E-state index is 12.5. The van der Waals surface area contributed by atoms with Gasteiger partial charge in [0.25, 0.3) is 0 Å². The molecule has 0 radical (unpaired) electrons. The van der Waals surface area contributed by atoms with Crippen LogP contribution in [-0.4, -0.2) is 40.7 Å². The molecule has 1 rings (SSSR count). The SMILES string of the molecule is CC(C)C(=O)N[C@@H](Cc1ccccc1)C(=O)NC(CCS)C(=O)O. The summed E-state index contributed by atoms with van der Waals surface area (Å²) in [7, 11) is 0. The van der Waals surface area contributed by atoms with Crippen LogP contribution in [0.3, 0.4) is 0 Å². The number of rotatable bonds is 9. The summed E-state index contributed by atoms with van der Waals surface area (Å²) in [6.45, 7) is 3.46. The molecule has 0 saturated carbocycles. The highest BCUT2D eigenvalue weighted by atomic mass is 32.1. The first kappa shape index (κ1) is 20.0. The summed E-state index contributed by atoms with van der Waals surface area (Å²) in [5, 5.41) is 14.3. The molecule has 6 nitrogen and oxygen atoms in total. The first-order valence-electron chi connectivity index (χ1n) is 7.83. The summed E-state index contributed by atoms with van der Waals surface area (Å²) < 4.78 is 0. The third-order valence-corrected chi connectivity index (χ3v) is 3.73. The number of nitrogens with one attached hydrogen (secondary N) is 2. The van der Waals surface area contributed by atoms with Crippen molar-refractivity contribution in [3.63, 3.8) is 0 Å². The van der Waals surface area contributed by atoms with Gasteiger partial charge in [-0.15, -0.1) is 0 Å². The molecule has 1 unspecified atom stereocenters. The summed E-state index contributed by atoms with van der Waals surface area (Å²) in [5.41, 5.74) is 0.878. The van der Waals surface area contributed by atoms with E-state index < -0.39 is 24.0 Å². The summed E-state index contributed by atoms with van der Waals surface area (Å²) in [4.78, 5) is 35.7. The molecule has 0 aromatic heterocycles. The first-order valence-corrected chi connectivity index (χ1v) is 8.46. The molecule has 0 bridgehead atoms. The van der Waals surface area contributed by atoms with Gasteiger partial charge in [0, 0.05) is 12.3 Å². The van der Waals surface area contributed by atoms with E-state index >= 15 is 0 Å². The Morgan fingerprint density at radius 1 is 1.04 bits per heavy atom. The minimum absolute atomic E-state index is 0.209. The van der Waals surface area contributed by atoms with Crippen molar-refractivity contribution in [2.75, 3.05) is 5.75 Å². The van der Waals surface area contributed by atoms with Gasteiger partial charge in [0.05, 0.1) is 0 Å². The van der Waals surface area contributed by atoms with E-state index in [0.29, 0.717) is 12.2 Å². The van der Waals surface area contributed by atoms with Gasteiger partial charge in [0.1, 0.15) is 12.1 Å². The number of aliphatic carboxylic acids is 1. The Morgan fingerprint density at radius 3 is 2.12 bits per heavy atom. The lowest BCUT2D eigenvalue weighted by Crippen LogP contribution is -2.53. The molecule has 0 spiro atoms. The van der Waals surface area contributed by atoms with Crippen LogP contribution in [0.1, 0.15) is 25.8 Å². The second-order valence-electron chi connectivity index (χ2n) is 5.82. The van der Waals surface area contributed by atoms with Crippen LogP contribution in [0.2, 0.25) is 0 Å². The highest BCUT2D eigenvalue weighted by Crippen LogP contribution is 2.06. The maximum Gasteiger partial charge on any atom is 0.326 e. The van der Waals surface area contributed by atoms with E-state index in [1.807, 2.05) is 30.3 Å². The van der Waals surface area contributed by atoms with Crippen molar-refractivity contribution >= 4 is 30.4 Å². The minimum Gasteiger partial charge on any atom is -0.480 e. The Balaban J connectivity index is 2.87. The average molecular weight is 352 g/mol. The number of amides is 2. The Morgan fingerprint density at radius 2 is 1.62 bits per heavy atom. The van der Waals surface area contributed by atoms with Gasteiger partial charge >= 0.3 is 5.97 Å². The molecule has 0 aliphatic heterocycles. The molecular formula is C17H24N2O4S. The molecule has 0 heterocycles. The van der Waals surface area contributed by atoms with Crippen molar-refractivity contribution in [1.29, 1.82) is 0 Å². The Labute approximate surface area is 147 Å². The lowest BCUT2D eigenvalue weighted by atomic mass is 10.0. The molecule has 0 fully saturated rings. The smallest absolute Gasteiger partial charge is 0.326 e. The van der Waals surface area contributed by atoms with E-state index in [4.69, 9.17) is 5.11 Å². The molecule has 0 saturated heterocycles. The fraction of sp³-hybridized carbons (Fsp3) is 0.471. The molecule has 0 aliphatic rings. The first-order chi connectivity index (χ1) is 11.3. The minimum atomic E-state index is -1.12. The number of thiol groups is 1. The van der Waals surface area contributed by atoms with Gasteiger partial charge in [0.15, 0.2) is 0 Å². The van der Waals surface area contributed by atoms with Crippen molar-refractivity contribution in [2.24, 2.45) is 5.92 Å². The molecule has 0 aliphatic carbocycles. The molecule has 24 heavy (non-hydrogen) atoms. The number of hydrogen-bond acceptors (Lipinski definition) is 4. The summed E-state index contributed by atoms with van der Waals surface area (Å²) in [6.07, 6.45) is 0.499. The number of hydrogen-bond donors (Lipinski definition) is 4. The molecule has 132 valence electrons. The average Bonchev–Trinajstić information content (AvgIpc) is 2.54. The van der Waals surface area contributed by atoms with Crippen LogP contribution in [-0.2, 0) is 20.8 Å². The number of carbonyl (C=O) groups excluding carboxylic acids is 2. The van der Waals surface area contributed by atoms with E-state index in [2.05, 4.69) is 23.3 Å². The van der Waals surface area contributed by atoms with E-state index in [-0.39, 0.29) is 18.2 Å². The predicted octanol–water partition coefficient (Wildman–Crippen LogP) is 1.26. The van der Waals surface area contributed by atoms with Crippen molar-refractivity contribution in [3.05, 3.63) is 35.9 Å². The molecule has 1 aromatic carbocycles. The molecule has 2 atom stereocenters.